The van der Waals surface area contributed by atoms with Crippen LogP contribution in [0.25, 0.3) is 11.3 Å². The van der Waals surface area contributed by atoms with Gasteiger partial charge in [0.15, 0.2) is 6.61 Å². The number of likely N-dealkylation sites (N-methyl/N-ethyl adjacent to an activating group) is 1. The highest BCUT2D eigenvalue weighted by Crippen LogP contribution is 2.52. The van der Waals surface area contributed by atoms with E-state index in [2.05, 4.69) is 10.3 Å². The Morgan fingerprint density at radius 3 is 2.53 bits per heavy atom. The summed E-state index contributed by atoms with van der Waals surface area (Å²) in [6.07, 6.45) is 3.51. The SMILES string of the molecule is CN1C(=O)COc2c1ccc(-c1ccc(NC(=O)c3c(F)cccc3F)cn1)c2C1CC1. The van der Waals surface area contributed by atoms with Gasteiger partial charge in [0.1, 0.15) is 22.9 Å². The van der Waals surface area contributed by atoms with Gasteiger partial charge in [-0.25, -0.2) is 8.78 Å². The van der Waals surface area contributed by atoms with Crippen LogP contribution in [0.2, 0.25) is 0 Å². The number of pyridine rings is 1. The van der Waals surface area contributed by atoms with Crippen LogP contribution < -0.4 is 15.0 Å². The molecule has 6 nitrogen and oxygen atoms in total. The van der Waals surface area contributed by atoms with Crippen LogP contribution in [0.3, 0.4) is 0 Å². The van der Waals surface area contributed by atoms with Crippen molar-refractivity contribution >= 4 is 23.2 Å². The van der Waals surface area contributed by atoms with Gasteiger partial charge in [-0.3, -0.25) is 14.6 Å². The van der Waals surface area contributed by atoms with Crippen LogP contribution in [0.15, 0.2) is 48.7 Å². The molecule has 0 radical (unpaired) electrons. The Balaban J connectivity index is 1.45. The molecule has 1 aliphatic carbocycles. The Hall–Kier alpha value is -3.81. The van der Waals surface area contributed by atoms with Crippen LogP contribution >= 0.6 is 0 Å². The van der Waals surface area contributed by atoms with Gasteiger partial charge in [-0.15, -0.1) is 0 Å². The topological polar surface area (TPSA) is 71.5 Å². The van der Waals surface area contributed by atoms with Gasteiger partial charge in [-0.1, -0.05) is 12.1 Å². The number of hydrogen-bond acceptors (Lipinski definition) is 4. The molecule has 0 saturated heterocycles. The van der Waals surface area contributed by atoms with Crippen LogP contribution in [-0.4, -0.2) is 30.5 Å². The molecule has 8 heteroatoms. The quantitative estimate of drug-likeness (QED) is 0.655. The number of carbonyl (C=O) groups is 2. The van der Waals surface area contributed by atoms with Gasteiger partial charge in [-0.2, -0.15) is 0 Å². The van der Waals surface area contributed by atoms with Gasteiger partial charge < -0.3 is 15.0 Å². The number of hydrogen-bond donors (Lipinski definition) is 1. The summed E-state index contributed by atoms with van der Waals surface area (Å²) in [6, 6.07) is 10.4. The molecule has 32 heavy (non-hydrogen) atoms. The van der Waals surface area contributed by atoms with E-state index in [-0.39, 0.29) is 12.5 Å². The molecular formula is C24H19F2N3O3. The summed E-state index contributed by atoms with van der Waals surface area (Å²) >= 11 is 0. The summed E-state index contributed by atoms with van der Waals surface area (Å²) < 4.78 is 33.5. The van der Waals surface area contributed by atoms with Gasteiger partial charge in [0.2, 0.25) is 0 Å². The van der Waals surface area contributed by atoms with Gasteiger partial charge in [0.05, 0.1) is 23.3 Å². The van der Waals surface area contributed by atoms with Crippen molar-refractivity contribution < 1.29 is 23.1 Å². The molecule has 2 heterocycles. The summed E-state index contributed by atoms with van der Waals surface area (Å²) in [5, 5.41) is 2.48. The van der Waals surface area contributed by atoms with Crippen LogP contribution in [0.1, 0.15) is 34.7 Å². The highest BCUT2D eigenvalue weighted by molar-refractivity contribution is 6.04. The minimum atomic E-state index is -0.932. The van der Waals surface area contributed by atoms with Crippen molar-refractivity contribution in [3.05, 3.63) is 71.4 Å². The zero-order chi connectivity index (χ0) is 22.4. The average Bonchev–Trinajstić information content (AvgIpc) is 3.61. The molecular weight excluding hydrogens is 416 g/mol. The van der Waals surface area contributed by atoms with Crippen molar-refractivity contribution in [2.24, 2.45) is 0 Å². The average molecular weight is 435 g/mol. The first-order chi connectivity index (χ1) is 15.4. The molecule has 1 aliphatic heterocycles. The fraction of sp³-hybridized carbons (Fsp3) is 0.208. The van der Waals surface area contributed by atoms with E-state index in [1.54, 1.807) is 24.1 Å². The number of ether oxygens (including phenoxy) is 1. The summed E-state index contributed by atoms with van der Waals surface area (Å²) in [4.78, 5) is 30.4. The van der Waals surface area contributed by atoms with E-state index >= 15 is 0 Å². The molecule has 1 aromatic heterocycles. The van der Waals surface area contributed by atoms with E-state index in [1.807, 2.05) is 12.1 Å². The highest BCUT2D eigenvalue weighted by Gasteiger charge is 2.35. The van der Waals surface area contributed by atoms with E-state index in [1.165, 1.54) is 12.3 Å². The number of benzene rings is 2. The molecule has 2 amide bonds. The molecule has 0 atom stereocenters. The lowest BCUT2D eigenvalue weighted by Crippen LogP contribution is -2.35. The van der Waals surface area contributed by atoms with Gasteiger partial charge in [-0.05, 0) is 49.1 Å². The lowest BCUT2D eigenvalue weighted by molar-refractivity contribution is -0.121. The second-order valence-corrected chi connectivity index (χ2v) is 7.87. The van der Waals surface area contributed by atoms with Gasteiger partial charge in [0.25, 0.3) is 11.8 Å². The van der Waals surface area contributed by atoms with E-state index < -0.39 is 23.1 Å². The summed E-state index contributed by atoms with van der Waals surface area (Å²) in [5.74, 6) is -1.80. The molecule has 5 rings (SSSR count). The normalized spacial score (nSPS) is 15.2. The zero-order valence-corrected chi connectivity index (χ0v) is 17.2. The number of carbonyl (C=O) groups excluding carboxylic acids is 2. The number of nitrogens with one attached hydrogen (secondary N) is 1. The van der Waals surface area contributed by atoms with Crippen molar-refractivity contribution in [1.82, 2.24) is 4.98 Å². The predicted octanol–water partition coefficient (Wildman–Crippen LogP) is 4.51. The number of aromatic nitrogens is 1. The summed E-state index contributed by atoms with van der Waals surface area (Å²) in [7, 11) is 1.73. The first-order valence-electron chi connectivity index (χ1n) is 10.2. The fourth-order valence-electron chi connectivity index (χ4n) is 3.91. The third kappa shape index (κ3) is 3.47. The predicted molar refractivity (Wildman–Crippen MR) is 115 cm³/mol. The van der Waals surface area contributed by atoms with E-state index in [9.17, 15) is 18.4 Å². The van der Waals surface area contributed by atoms with Crippen molar-refractivity contribution in [1.29, 1.82) is 0 Å². The molecule has 0 spiro atoms. The van der Waals surface area contributed by atoms with E-state index in [0.29, 0.717) is 23.0 Å². The minimum Gasteiger partial charge on any atom is -0.481 e. The second kappa shape index (κ2) is 7.71. The first-order valence-corrected chi connectivity index (χ1v) is 10.2. The van der Waals surface area contributed by atoms with Gasteiger partial charge in [0, 0.05) is 18.2 Å². The molecule has 1 saturated carbocycles. The lowest BCUT2D eigenvalue weighted by Gasteiger charge is -2.29. The number of rotatable bonds is 4. The Morgan fingerprint density at radius 1 is 1.12 bits per heavy atom. The van der Waals surface area contributed by atoms with Crippen molar-refractivity contribution in [3.63, 3.8) is 0 Å². The minimum absolute atomic E-state index is 0.00231. The number of nitrogens with zero attached hydrogens (tertiary/aromatic N) is 2. The van der Waals surface area contributed by atoms with E-state index in [0.717, 1.165) is 41.8 Å². The molecule has 162 valence electrons. The van der Waals surface area contributed by atoms with Crippen LogP contribution in [0.4, 0.5) is 20.2 Å². The van der Waals surface area contributed by atoms with Gasteiger partial charge >= 0.3 is 0 Å². The molecule has 3 aromatic rings. The third-order valence-electron chi connectivity index (χ3n) is 5.72. The molecule has 1 fully saturated rings. The number of anilines is 2. The van der Waals surface area contributed by atoms with Crippen LogP contribution in [0.5, 0.6) is 5.75 Å². The van der Waals surface area contributed by atoms with Crippen molar-refractivity contribution in [3.8, 4) is 17.0 Å². The largest absolute Gasteiger partial charge is 0.481 e. The fourth-order valence-corrected chi connectivity index (χ4v) is 3.91. The standard InChI is InChI=1S/C24H19F2N3O3/c1-29-19-10-8-15(21(13-5-6-13)23(19)32-12-20(29)30)18-9-7-14(11-27-18)28-24(31)22-16(25)3-2-4-17(22)26/h2-4,7-11,13H,5-6,12H2,1H3,(H,28,31). The highest BCUT2D eigenvalue weighted by atomic mass is 19.1. The van der Waals surface area contributed by atoms with Crippen molar-refractivity contribution in [2.45, 2.75) is 18.8 Å². The number of fused-ring (bicyclic) bond motifs is 1. The van der Waals surface area contributed by atoms with Crippen LogP contribution in [0, 0.1) is 11.6 Å². The smallest absolute Gasteiger partial charge is 0.264 e. The van der Waals surface area contributed by atoms with E-state index in [4.69, 9.17) is 4.74 Å². The zero-order valence-electron chi connectivity index (χ0n) is 17.2. The molecule has 0 bridgehead atoms. The molecule has 2 aromatic carbocycles. The maximum atomic E-state index is 13.9. The van der Waals surface area contributed by atoms with Crippen molar-refractivity contribution in [2.75, 3.05) is 23.9 Å². The number of halogens is 2. The first kappa shape index (κ1) is 20.1. The Morgan fingerprint density at radius 2 is 1.88 bits per heavy atom. The maximum Gasteiger partial charge on any atom is 0.264 e. The maximum absolute atomic E-state index is 13.9. The lowest BCUT2D eigenvalue weighted by atomic mass is 9.97. The Labute approximate surface area is 182 Å². The molecule has 2 aliphatic rings. The van der Waals surface area contributed by atoms with Crippen LogP contribution in [-0.2, 0) is 4.79 Å². The third-order valence-corrected chi connectivity index (χ3v) is 5.72. The summed E-state index contributed by atoms with van der Waals surface area (Å²) in [5.41, 5.74) is 3.01. The summed E-state index contributed by atoms with van der Waals surface area (Å²) in [6.45, 7) is -0.00231. The molecule has 1 N–H and O–H groups in total. The monoisotopic (exact) mass is 435 g/mol. The number of amides is 2. The molecule has 0 unspecified atom stereocenters. The second-order valence-electron chi connectivity index (χ2n) is 7.87. The Bertz CT molecular complexity index is 1220. The Kier molecular flexibility index (Phi) is 4.84.